The number of hydroxylamine groups is 2. The number of guanidine groups is 1. The van der Waals surface area contributed by atoms with Gasteiger partial charge in [0.1, 0.15) is 11.9 Å². The van der Waals surface area contributed by atoms with Crippen LogP contribution < -0.4 is 16.2 Å². The molecular formula is C10H23N5O2. The van der Waals surface area contributed by atoms with Crippen LogP contribution in [0.15, 0.2) is 10.3 Å². The molecule has 0 rings (SSSR count). The fourth-order valence-corrected chi connectivity index (χ4v) is 0.741. The van der Waals surface area contributed by atoms with Crippen molar-refractivity contribution in [3.05, 3.63) is 5.21 Å². The average Bonchev–Trinajstić information content (AvgIpc) is 2.12. The molecule has 0 aliphatic heterocycles. The summed E-state index contributed by atoms with van der Waals surface area (Å²) in [5.41, 5.74) is 7.03. The molecule has 0 aromatic heterocycles. The van der Waals surface area contributed by atoms with Gasteiger partial charge in [-0.1, -0.05) is 5.16 Å². The molecule has 0 heterocycles. The number of quaternary nitrogens is 1. The van der Waals surface area contributed by atoms with Gasteiger partial charge in [0.15, 0.2) is 0 Å². The van der Waals surface area contributed by atoms with Crippen molar-refractivity contribution in [1.82, 2.24) is 5.43 Å². The van der Waals surface area contributed by atoms with Crippen molar-refractivity contribution in [3.8, 4) is 0 Å². The highest BCUT2D eigenvalue weighted by Crippen LogP contribution is 2.05. The summed E-state index contributed by atoms with van der Waals surface area (Å²) in [7, 11) is 0. The second kappa shape index (κ2) is 5.83. The van der Waals surface area contributed by atoms with Crippen LogP contribution in [-0.2, 0) is 4.84 Å². The molecule has 0 bridgehead atoms. The largest absolute Gasteiger partial charge is 0.626 e. The van der Waals surface area contributed by atoms with Crippen molar-refractivity contribution in [1.29, 1.82) is 0 Å². The Morgan fingerprint density at radius 3 is 2.24 bits per heavy atom. The normalized spacial score (nSPS) is 16.1. The first kappa shape index (κ1) is 15.7. The second-order valence-electron chi connectivity index (χ2n) is 5.64. The van der Waals surface area contributed by atoms with Crippen LogP contribution in [0.1, 0.15) is 41.5 Å². The monoisotopic (exact) mass is 245 g/mol. The lowest BCUT2D eigenvalue weighted by Gasteiger charge is -2.32. The number of nitrogens with one attached hydrogen (secondary N) is 2. The molecule has 0 saturated carbocycles. The Kier molecular flexibility index (Phi) is 5.37. The summed E-state index contributed by atoms with van der Waals surface area (Å²) >= 11 is 0. The number of nitrogens with two attached hydrogens (primary N) is 1. The van der Waals surface area contributed by atoms with E-state index in [9.17, 15) is 5.21 Å². The SMILES string of the molecule is CC(C)(C)ON=CNN=C(N)[NH+]([O-])C(C)(C)C. The van der Waals surface area contributed by atoms with E-state index in [-0.39, 0.29) is 16.6 Å². The lowest BCUT2D eigenvalue weighted by Crippen LogP contribution is -3.18. The first-order valence-corrected chi connectivity index (χ1v) is 5.37. The van der Waals surface area contributed by atoms with Crippen LogP contribution in [0.2, 0.25) is 0 Å². The van der Waals surface area contributed by atoms with Crippen molar-refractivity contribution >= 4 is 12.3 Å². The molecule has 0 aromatic carbocycles. The first-order chi connectivity index (χ1) is 7.54. The Morgan fingerprint density at radius 1 is 1.29 bits per heavy atom. The summed E-state index contributed by atoms with van der Waals surface area (Å²) < 4.78 is 0. The molecule has 0 radical (unpaired) electrons. The molecular weight excluding hydrogens is 222 g/mol. The summed E-state index contributed by atoms with van der Waals surface area (Å²) in [5.74, 6) is -0.0836. The zero-order valence-electron chi connectivity index (χ0n) is 11.4. The Labute approximate surface area is 102 Å². The number of nitrogens with zero attached hydrogens (tertiary/aromatic N) is 2. The van der Waals surface area contributed by atoms with Gasteiger partial charge in [-0.05, 0) is 41.5 Å². The highest BCUT2D eigenvalue weighted by Gasteiger charge is 2.21. The fourth-order valence-electron chi connectivity index (χ4n) is 0.741. The van der Waals surface area contributed by atoms with E-state index in [0.29, 0.717) is 0 Å². The molecule has 0 spiro atoms. The molecule has 17 heavy (non-hydrogen) atoms. The predicted molar refractivity (Wildman–Crippen MR) is 68.2 cm³/mol. The minimum Gasteiger partial charge on any atom is -0.626 e. The minimum absolute atomic E-state index is 0.0836. The molecule has 0 saturated heterocycles. The first-order valence-electron chi connectivity index (χ1n) is 5.37. The van der Waals surface area contributed by atoms with Crippen LogP contribution in [0.5, 0.6) is 0 Å². The van der Waals surface area contributed by atoms with Crippen LogP contribution in [0.4, 0.5) is 0 Å². The summed E-state index contributed by atoms with van der Waals surface area (Å²) in [5, 5.41) is 18.7. The van der Waals surface area contributed by atoms with Gasteiger partial charge in [0.25, 0.3) is 0 Å². The van der Waals surface area contributed by atoms with Gasteiger partial charge in [0.2, 0.25) is 0 Å². The lowest BCUT2D eigenvalue weighted by atomic mass is 10.1. The van der Waals surface area contributed by atoms with Crippen molar-refractivity contribution in [2.45, 2.75) is 52.7 Å². The molecule has 7 nitrogen and oxygen atoms in total. The van der Waals surface area contributed by atoms with E-state index in [0.717, 1.165) is 0 Å². The van der Waals surface area contributed by atoms with E-state index in [1.165, 1.54) is 6.34 Å². The number of hydrazone groups is 1. The van der Waals surface area contributed by atoms with Crippen molar-refractivity contribution < 1.29 is 9.90 Å². The zero-order chi connectivity index (χ0) is 13.7. The standard InChI is InChI=1S/C10H23N5O2/c1-9(2,3)15(16)8(11)14-12-7-13-17-10(4,5)6/h7,15H,1-6H3,(H2,11,14)(H,12,13). The van der Waals surface area contributed by atoms with Crippen LogP contribution in [0, 0.1) is 5.21 Å². The van der Waals surface area contributed by atoms with Gasteiger partial charge in [-0.15, -0.1) is 5.10 Å². The summed E-state index contributed by atoms with van der Waals surface area (Å²) in [6.07, 6.45) is 1.23. The van der Waals surface area contributed by atoms with Crippen molar-refractivity contribution in [3.63, 3.8) is 0 Å². The molecule has 1 atom stereocenters. The molecule has 0 aliphatic carbocycles. The van der Waals surface area contributed by atoms with E-state index in [1.54, 1.807) is 20.8 Å². The average molecular weight is 245 g/mol. The maximum Gasteiger partial charge on any atom is 0.315 e. The Balaban J connectivity index is 4.18. The quantitative estimate of drug-likeness (QED) is 0.362. The van der Waals surface area contributed by atoms with Crippen molar-refractivity contribution in [2.24, 2.45) is 16.0 Å². The van der Waals surface area contributed by atoms with Crippen molar-refractivity contribution in [2.75, 3.05) is 0 Å². The van der Waals surface area contributed by atoms with Crippen LogP contribution in [-0.4, -0.2) is 23.4 Å². The van der Waals surface area contributed by atoms with E-state index in [1.807, 2.05) is 20.8 Å². The van der Waals surface area contributed by atoms with Crippen LogP contribution in [0.3, 0.4) is 0 Å². The van der Waals surface area contributed by atoms with Gasteiger partial charge in [-0.3, -0.25) is 5.43 Å². The van der Waals surface area contributed by atoms with Crippen LogP contribution >= 0.6 is 0 Å². The number of oxime groups is 1. The van der Waals surface area contributed by atoms with E-state index in [2.05, 4.69) is 15.7 Å². The Morgan fingerprint density at radius 2 is 1.82 bits per heavy atom. The molecule has 0 amide bonds. The van der Waals surface area contributed by atoms with E-state index >= 15 is 0 Å². The van der Waals surface area contributed by atoms with E-state index in [4.69, 9.17) is 10.6 Å². The highest BCUT2D eigenvalue weighted by molar-refractivity contribution is 5.70. The molecule has 7 heteroatoms. The third-order valence-electron chi connectivity index (χ3n) is 1.54. The molecule has 1 unspecified atom stereocenters. The summed E-state index contributed by atoms with van der Waals surface area (Å²) in [4.78, 5) is 5.05. The van der Waals surface area contributed by atoms with Gasteiger partial charge in [-0.2, -0.15) is 0 Å². The maximum absolute atomic E-state index is 11.6. The molecule has 0 aromatic rings. The molecule has 4 N–H and O–H groups in total. The Bertz CT molecular complexity index is 288. The molecule has 0 aliphatic rings. The Hall–Kier alpha value is -1.34. The van der Waals surface area contributed by atoms with E-state index < -0.39 is 5.54 Å². The van der Waals surface area contributed by atoms with Gasteiger partial charge in [-0.25, -0.2) is 0 Å². The zero-order valence-corrected chi connectivity index (χ0v) is 11.4. The highest BCUT2D eigenvalue weighted by atomic mass is 16.6. The molecule has 0 fully saturated rings. The lowest BCUT2D eigenvalue weighted by molar-refractivity contribution is -0.807. The van der Waals surface area contributed by atoms with Gasteiger partial charge >= 0.3 is 5.96 Å². The van der Waals surface area contributed by atoms with Gasteiger partial charge in [0.05, 0.1) is 5.54 Å². The summed E-state index contributed by atoms with van der Waals surface area (Å²) in [6.45, 7) is 10.9. The summed E-state index contributed by atoms with van der Waals surface area (Å²) in [6, 6.07) is 0. The topological polar surface area (TPSA) is 99.5 Å². The predicted octanol–water partition coefficient (Wildman–Crippen LogP) is -0.255. The number of hydrogen-bond donors (Lipinski definition) is 3. The maximum atomic E-state index is 11.6. The molecule has 100 valence electrons. The third-order valence-corrected chi connectivity index (χ3v) is 1.54. The minimum atomic E-state index is -0.547. The van der Waals surface area contributed by atoms with Gasteiger partial charge < -0.3 is 20.8 Å². The van der Waals surface area contributed by atoms with Crippen LogP contribution in [0.25, 0.3) is 0 Å². The third kappa shape index (κ3) is 7.53. The second-order valence-corrected chi connectivity index (χ2v) is 5.64. The number of hydrogen-bond acceptors (Lipinski definition) is 4. The smallest absolute Gasteiger partial charge is 0.315 e. The number of rotatable bonds is 3. The van der Waals surface area contributed by atoms with Gasteiger partial charge in [0, 0.05) is 0 Å². The fraction of sp³-hybridized carbons (Fsp3) is 0.800.